The van der Waals surface area contributed by atoms with Crippen molar-refractivity contribution in [2.45, 2.75) is 45.3 Å². The summed E-state index contributed by atoms with van der Waals surface area (Å²) in [6.07, 6.45) is 1.07. The van der Waals surface area contributed by atoms with E-state index in [9.17, 15) is 9.59 Å². The molecule has 0 atom stereocenters. The maximum absolute atomic E-state index is 12.8. The molecule has 0 radical (unpaired) electrons. The minimum Gasteiger partial charge on any atom is -0.444 e. The summed E-state index contributed by atoms with van der Waals surface area (Å²) in [4.78, 5) is 26.6. The summed E-state index contributed by atoms with van der Waals surface area (Å²) >= 11 is 6.45. The Hall–Kier alpha value is -2.21. The van der Waals surface area contributed by atoms with Crippen molar-refractivity contribution in [3.05, 3.63) is 35.0 Å². The number of fused-ring (bicyclic) bond motifs is 1. The minimum atomic E-state index is -0.507. The van der Waals surface area contributed by atoms with E-state index in [1.54, 1.807) is 4.90 Å². The molecule has 0 bridgehead atoms. The van der Waals surface area contributed by atoms with Crippen LogP contribution in [0.25, 0.3) is 10.9 Å². The van der Waals surface area contributed by atoms with Crippen LogP contribution in [0.2, 0.25) is 5.02 Å². The molecule has 6 nitrogen and oxygen atoms in total. The average Bonchev–Trinajstić information content (AvgIpc) is 2.85. The Morgan fingerprint density at radius 3 is 2.41 bits per heavy atom. The molecular formula is C20H26ClN3O3. The van der Waals surface area contributed by atoms with Crippen LogP contribution >= 0.6 is 11.6 Å². The van der Waals surface area contributed by atoms with E-state index in [4.69, 9.17) is 16.3 Å². The van der Waals surface area contributed by atoms with Gasteiger partial charge in [-0.15, -0.1) is 0 Å². The van der Waals surface area contributed by atoms with Crippen LogP contribution in [0.1, 0.15) is 44.1 Å². The lowest BCUT2D eigenvalue weighted by Crippen LogP contribution is -2.48. The van der Waals surface area contributed by atoms with Crippen LogP contribution in [0.4, 0.5) is 4.79 Å². The number of para-hydroxylation sites is 1. The topological polar surface area (TPSA) is 63.6 Å². The first-order valence-electron chi connectivity index (χ1n) is 9.19. The molecule has 1 aliphatic rings. The van der Waals surface area contributed by atoms with E-state index in [1.807, 2.05) is 56.7 Å². The molecule has 0 aliphatic carbocycles. The summed E-state index contributed by atoms with van der Waals surface area (Å²) in [6, 6.07) is 7.69. The zero-order valence-electron chi connectivity index (χ0n) is 16.2. The third-order valence-corrected chi connectivity index (χ3v) is 5.12. The lowest BCUT2D eigenvalue weighted by atomic mass is 10.1. The van der Waals surface area contributed by atoms with E-state index >= 15 is 0 Å². The van der Waals surface area contributed by atoms with Gasteiger partial charge in [-0.3, -0.25) is 4.79 Å². The van der Waals surface area contributed by atoms with Crippen molar-refractivity contribution < 1.29 is 14.3 Å². The Morgan fingerprint density at radius 2 is 1.81 bits per heavy atom. The first-order valence-corrected chi connectivity index (χ1v) is 9.57. The number of aromatic nitrogens is 1. The van der Waals surface area contributed by atoms with Crippen LogP contribution in [0.5, 0.6) is 0 Å². The number of nitrogens with one attached hydrogen (secondary N) is 1. The van der Waals surface area contributed by atoms with Gasteiger partial charge in [0.25, 0.3) is 5.91 Å². The first-order chi connectivity index (χ1) is 12.7. The number of benzene rings is 1. The molecule has 2 amide bonds. The van der Waals surface area contributed by atoms with Crippen LogP contribution in [0.15, 0.2) is 24.3 Å². The summed E-state index contributed by atoms with van der Waals surface area (Å²) in [5, 5.41) is 4.40. The Morgan fingerprint density at radius 1 is 1.19 bits per heavy atom. The molecule has 27 heavy (non-hydrogen) atoms. The predicted octanol–water partition coefficient (Wildman–Crippen LogP) is 3.96. The Bertz CT molecular complexity index is 822. The lowest BCUT2D eigenvalue weighted by Gasteiger charge is -2.33. The number of carbonyl (C=O) groups is 2. The fraction of sp³-hybridized carbons (Fsp3) is 0.500. The molecule has 146 valence electrons. The fourth-order valence-corrected chi connectivity index (χ4v) is 3.76. The molecule has 2 heterocycles. The van der Waals surface area contributed by atoms with Gasteiger partial charge in [0.2, 0.25) is 0 Å². The minimum absolute atomic E-state index is 0.00488. The van der Waals surface area contributed by atoms with Gasteiger partial charge >= 0.3 is 6.09 Å². The predicted molar refractivity (Wildman–Crippen MR) is 106 cm³/mol. The number of piperidine rings is 1. The molecule has 1 aromatic carbocycles. The fourth-order valence-electron chi connectivity index (χ4n) is 3.39. The van der Waals surface area contributed by atoms with Gasteiger partial charge in [0.15, 0.2) is 0 Å². The normalized spacial score (nSPS) is 15.8. The number of nitrogens with zero attached hydrogens (tertiary/aromatic N) is 2. The van der Waals surface area contributed by atoms with E-state index in [0.29, 0.717) is 36.6 Å². The molecule has 0 unspecified atom stereocenters. The maximum Gasteiger partial charge on any atom is 0.410 e. The second-order valence-corrected chi connectivity index (χ2v) is 8.33. The van der Waals surface area contributed by atoms with Gasteiger partial charge in [-0.2, -0.15) is 0 Å². The highest BCUT2D eigenvalue weighted by Gasteiger charge is 2.29. The number of halogens is 1. The van der Waals surface area contributed by atoms with Crippen LogP contribution < -0.4 is 5.32 Å². The van der Waals surface area contributed by atoms with E-state index in [0.717, 1.165) is 10.9 Å². The quantitative estimate of drug-likeness (QED) is 0.842. The molecular weight excluding hydrogens is 366 g/mol. The van der Waals surface area contributed by atoms with E-state index < -0.39 is 5.60 Å². The number of likely N-dealkylation sites (tertiary alicyclic amines) is 1. The van der Waals surface area contributed by atoms with Crippen LogP contribution in [-0.4, -0.2) is 46.2 Å². The average molecular weight is 392 g/mol. The van der Waals surface area contributed by atoms with Gasteiger partial charge < -0.3 is 19.5 Å². The molecule has 1 saturated heterocycles. The Labute approximate surface area is 164 Å². The molecule has 1 aliphatic heterocycles. The highest BCUT2D eigenvalue weighted by molar-refractivity contribution is 6.38. The standard InChI is InChI=1S/C20H26ClN3O3/c1-20(2,3)27-19(26)24-11-9-13(10-12-24)22-18(25)17-16(21)14-7-5-6-8-15(14)23(17)4/h5-8,13H,9-12H2,1-4H3,(H,22,25). The highest BCUT2D eigenvalue weighted by atomic mass is 35.5. The van der Waals surface area contributed by atoms with Crippen molar-refractivity contribution in [1.29, 1.82) is 0 Å². The molecule has 2 aromatic rings. The van der Waals surface area contributed by atoms with Gasteiger partial charge in [-0.05, 0) is 39.7 Å². The third kappa shape index (κ3) is 4.21. The summed E-state index contributed by atoms with van der Waals surface area (Å²) in [7, 11) is 1.84. The monoisotopic (exact) mass is 391 g/mol. The zero-order valence-corrected chi connectivity index (χ0v) is 17.0. The lowest BCUT2D eigenvalue weighted by molar-refractivity contribution is 0.0199. The van der Waals surface area contributed by atoms with Crippen molar-refractivity contribution in [3.63, 3.8) is 0 Å². The Kier molecular flexibility index (Phi) is 5.38. The number of hydrogen-bond donors (Lipinski definition) is 1. The second kappa shape index (κ2) is 7.43. The molecule has 1 aromatic heterocycles. The van der Waals surface area contributed by atoms with Crippen LogP contribution in [0.3, 0.4) is 0 Å². The molecule has 1 fully saturated rings. The van der Waals surface area contributed by atoms with Gasteiger partial charge in [0.05, 0.1) is 5.02 Å². The van der Waals surface area contributed by atoms with Crippen molar-refractivity contribution in [2.24, 2.45) is 7.05 Å². The number of amides is 2. The van der Waals surface area contributed by atoms with Crippen molar-refractivity contribution in [3.8, 4) is 0 Å². The summed E-state index contributed by atoms with van der Waals surface area (Å²) in [5.41, 5.74) is 0.882. The van der Waals surface area contributed by atoms with E-state index in [-0.39, 0.29) is 18.0 Å². The van der Waals surface area contributed by atoms with E-state index in [1.165, 1.54) is 0 Å². The van der Waals surface area contributed by atoms with Gasteiger partial charge in [0.1, 0.15) is 11.3 Å². The molecule has 1 N–H and O–H groups in total. The molecule has 3 rings (SSSR count). The van der Waals surface area contributed by atoms with Crippen LogP contribution in [0, 0.1) is 0 Å². The van der Waals surface area contributed by atoms with Crippen molar-refractivity contribution >= 4 is 34.5 Å². The third-order valence-electron chi connectivity index (χ3n) is 4.74. The summed E-state index contributed by atoms with van der Waals surface area (Å²) < 4.78 is 7.23. The van der Waals surface area contributed by atoms with Gasteiger partial charge in [-0.25, -0.2) is 4.79 Å². The molecule has 0 saturated carbocycles. The Balaban J connectivity index is 1.63. The number of rotatable bonds is 2. The van der Waals surface area contributed by atoms with E-state index in [2.05, 4.69) is 5.32 Å². The number of carbonyl (C=O) groups excluding carboxylic acids is 2. The zero-order chi connectivity index (χ0) is 19.8. The van der Waals surface area contributed by atoms with Crippen molar-refractivity contribution in [2.75, 3.05) is 13.1 Å². The second-order valence-electron chi connectivity index (χ2n) is 7.95. The maximum atomic E-state index is 12.8. The largest absolute Gasteiger partial charge is 0.444 e. The summed E-state index contributed by atoms with van der Waals surface area (Å²) in [5.74, 6) is -0.186. The summed E-state index contributed by atoms with van der Waals surface area (Å²) in [6.45, 7) is 6.67. The molecule has 7 heteroatoms. The number of hydrogen-bond acceptors (Lipinski definition) is 3. The first kappa shape index (κ1) is 19.5. The smallest absolute Gasteiger partial charge is 0.410 e. The van der Waals surface area contributed by atoms with Crippen LogP contribution in [-0.2, 0) is 11.8 Å². The SMILES string of the molecule is Cn1c(C(=O)NC2CCN(C(=O)OC(C)(C)C)CC2)c(Cl)c2ccccc21. The number of ether oxygens (including phenoxy) is 1. The number of aryl methyl sites for hydroxylation is 1. The molecule has 0 spiro atoms. The van der Waals surface area contributed by atoms with Crippen molar-refractivity contribution in [1.82, 2.24) is 14.8 Å². The highest BCUT2D eigenvalue weighted by Crippen LogP contribution is 2.30. The van der Waals surface area contributed by atoms with Gasteiger partial charge in [0, 0.05) is 37.1 Å². The van der Waals surface area contributed by atoms with Gasteiger partial charge in [-0.1, -0.05) is 29.8 Å².